The van der Waals surface area contributed by atoms with E-state index in [0.717, 1.165) is 0 Å². The van der Waals surface area contributed by atoms with Crippen molar-refractivity contribution in [3.05, 3.63) is 34.9 Å². The van der Waals surface area contributed by atoms with Gasteiger partial charge in [0, 0.05) is 19.2 Å². The molecule has 3 rings (SSSR count). The van der Waals surface area contributed by atoms with Crippen molar-refractivity contribution in [1.82, 2.24) is 19.1 Å². The molecule has 1 aliphatic rings. The fraction of sp³-hybridized carbons (Fsp3) is 0.467. The number of aryl methyl sites for hydroxylation is 1. The van der Waals surface area contributed by atoms with Gasteiger partial charge in [-0.05, 0) is 19.1 Å². The normalized spacial score (nSPS) is 21.1. The number of amides is 1. The van der Waals surface area contributed by atoms with Gasteiger partial charge in [-0.2, -0.15) is 0 Å². The highest BCUT2D eigenvalue weighted by Crippen LogP contribution is 2.12. The minimum absolute atomic E-state index is 0.0125. The minimum Gasteiger partial charge on any atom is -0.479 e. The van der Waals surface area contributed by atoms with Gasteiger partial charge in [-0.25, -0.2) is 14.3 Å². The van der Waals surface area contributed by atoms with E-state index in [4.69, 9.17) is 9.84 Å². The lowest BCUT2D eigenvalue weighted by molar-refractivity contribution is -0.166. The molecule has 3 heterocycles. The molecule has 1 unspecified atom stereocenters. The van der Waals surface area contributed by atoms with E-state index < -0.39 is 12.1 Å². The van der Waals surface area contributed by atoms with Gasteiger partial charge in [0.25, 0.3) is 0 Å². The first-order valence-corrected chi connectivity index (χ1v) is 7.66. The molecule has 0 radical (unpaired) electrons. The van der Waals surface area contributed by atoms with Crippen molar-refractivity contribution in [3.8, 4) is 0 Å². The van der Waals surface area contributed by atoms with Crippen LogP contribution in [0.2, 0.25) is 0 Å². The van der Waals surface area contributed by atoms with Crippen LogP contribution in [0.3, 0.4) is 0 Å². The molecule has 1 saturated heterocycles. The Hall–Kier alpha value is -2.68. The van der Waals surface area contributed by atoms with Crippen LogP contribution in [-0.2, 0) is 20.9 Å². The van der Waals surface area contributed by atoms with Crippen LogP contribution in [0.4, 0.5) is 0 Å². The average Bonchev–Trinajstić information content (AvgIpc) is 2.88. The molecular formula is C15H18N4O5. The van der Waals surface area contributed by atoms with E-state index in [1.165, 1.54) is 14.0 Å². The van der Waals surface area contributed by atoms with Crippen LogP contribution in [0.15, 0.2) is 29.2 Å². The standard InChI is InChI=1S/C15H18N4O5/c1-10-8-17(9-11(24-10)14(21)22)13(20)5-7-19-15(23)18-6-3-2-4-12(18)16-19/h2-4,6,10-11H,5,7-9H2,1H3,(H,21,22)/t10-,11?/m1/s1. The predicted molar refractivity (Wildman–Crippen MR) is 82.6 cm³/mol. The number of carbonyl (C=O) groups excluding carboxylic acids is 1. The molecule has 0 spiro atoms. The third kappa shape index (κ3) is 3.16. The first-order valence-electron chi connectivity index (χ1n) is 7.66. The Labute approximate surface area is 137 Å². The number of hydrogen-bond donors (Lipinski definition) is 1. The summed E-state index contributed by atoms with van der Waals surface area (Å²) in [6, 6.07) is 5.21. The summed E-state index contributed by atoms with van der Waals surface area (Å²) in [5.74, 6) is -1.31. The van der Waals surface area contributed by atoms with Crippen molar-refractivity contribution in [2.24, 2.45) is 0 Å². The molecule has 0 aromatic carbocycles. The number of carbonyl (C=O) groups is 2. The maximum atomic E-state index is 12.3. The molecule has 1 fully saturated rings. The molecule has 1 amide bonds. The summed E-state index contributed by atoms with van der Waals surface area (Å²) in [7, 11) is 0. The molecule has 2 aromatic heterocycles. The van der Waals surface area contributed by atoms with Crippen LogP contribution in [-0.4, -0.2) is 61.4 Å². The number of hydrogen-bond acceptors (Lipinski definition) is 5. The smallest absolute Gasteiger partial charge is 0.350 e. The first-order chi connectivity index (χ1) is 11.5. The van der Waals surface area contributed by atoms with Gasteiger partial charge < -0.3 is 14.7 Å². The summed E-state index contributed by atoms with van der Waals surface area (Å²) in [6.07, 6.45) is 0.324. The highest BCUT2D eigenvalue weighted by Gasteiger charge is 2.32. The molecule has 1 N–H and O–H groups in total. The lowest BCUT2D eigenvalue weighted by Crippen LogP contribution is -2.52. The molecule has 24 heavy (non-hydrogen) atoms. The predicted octanol–water partition coefficient (Wildman–Crippen LogP) is -0.413. The van der Waals surface area contributed by atoms with Gasteiger partial charge in [0.2, 0.25) is 5.91 Å². The van der Waals surface area contributed by atoms with Crippen LogP contribution in [0.1, 0.15) is 13.3 Å². The van der Waals surface area contributed by atoms with Gasteiger partial charge in [-0.3, -0.25) is 9.20 Å². The number of nitrogens with zero attached hydrogens (tertiary/aromatic N) is 4. The second kappa shape index (κ2) is 6.44. The number of fused-ring (bicyclic) bond motifs is 1. The Morgan fingerprint density at radius 2 is 2.17 bits per heavy atom. The molecule has 2 aromatic rings. The van der Waals surface area contributed by atoms with Crippen LogP contribution in [0.25, 0.3) is 5.65 Å². The van der Waals surface area contributed by atoms with Crippen molar-refractivity contribution in [1.29, 1.82) is 0 Å². The topological polar surface area (TPSA) is 106 Å². The van der Waals surface area contributed by atoms with Gasteiger partial charge in [0.1, 0.15) is 0 Å². The molecule has 128 valence electrons. The molecule has 2 atom stereocenters. The summed E-state index contributed by atoms with van der Waals surface area (Å²) in [5.41, 5.74) is 0.207. The first kappa shape index (κ1) is 16.2. The molecule has 9 nitrogen and oxygen atoms in total. The Balaban J connectivity index is 1.67. The van der Waals surface area contributed by atoms with Gasteiger partial charge in [-0.15, -0.1) is 5.10 Å². The second-order valence-electron chi connectivity index (χ2n) is 5.76. The number of aromatic nitrogens is 3. The Kier molecular flexibility index (Phi) is 4.34. The van der Waals surface area contributed by atoms with E-state index in [9.17, 15) is 14.4 Å². The number of pyridine rings is 1. The quantitative estimate of drug-likeness (QED) is 0.814. The maximum absolute atomic E-state index is 12.3. The fourth-order valence-corrected chi connectivity index (χ4v) is 2.76. The van der Waals surface area contributed by atoms with Crippen molar-refractivity contribution in [2.75, 3.05) is 13.1 Å². The molecule has 1 aliphatic heterocycles. The summed E-state index contributed by atoms with van der Waals surface area (Å²) >= 11 is 0. The number of rotatable bonds is 4. The largest absolute Gasteiger partial charge is 0.479 e. The summed E-state index contributed by atoms with van der Waals surface area (Å²) in [5, 5.41) is 13.2. The van der Waals surface area contributed by atoms with E-state index in [1.54, 1.807) is 31.3 Å². The van der Waals surface area contributed by atoms with Crippen LogP contribution >= 0.6 is 0 Å². The summed E-state index contributed by atoms with van der Waals surface area (Å²) < 4.78 is 7.93. The zero-order valence-electron chi connectivity index (χ0n) is 13.2. The highest BCUT2D eigenvalue weighted by molar-refractivity contribution is 5.78. The van der Waals surface area contributed by atoms with Crippen LogP contribution < -0.4 is 5.69 Å². The lowest BCUT2D eigenvalue weighted by atomic mass is 10.2. The minimum atomic E-state index is -1.09. The van der Waals surface area contributed by atoms with Gasteiger partial charge >= 0.3 is 11.7 Å². The van der Waals surface area contributed by atoms with Gasteiger partial charge in [0.15, 0.2) is 11.8 Å². The second-order valence-corrected chi connectivity index (χ2v) is 5.76. The molecule has 0 saturated carbocycles. The molecule has 0 bridgehead atoms. The van der Waals surface area contributed by atoms with Gasteiger partial charge in [-0.1, -0.05) is 6.07 Å². The number of ether oxygens (including phenoxy) is 1. The molecule has 0 aliphatic carbocycles. The molecular weight excluding hydrogens is 316 g/mol. The zero-order chi connectivity index (χ0) is 17.3. The Bertz CT molecular complexity index is 827. The van der Waals surface area contributed by atoms with E-state index in [2.05, 4.69) is 5.10 Å². The number of carboxylic acid groups (broad SMARTS) is 1. The number of aliphatic carboxylic acids is 1. The average molecular weight is 334 g/mol. The summed E-state index contributed by atoms with van der Waals surface area (Å²) in [4.78, 5) is 37.0. The SMILES string of the molecule is C[C@@H]1CN(C(=O)CCn2nc3ccccn3c2=O)CC(C(=O)O)O1. The van der Waals surface area contributed by atoms with Crippen molar-refractivity contribution < 1.29 is 19.4 Å². The number of carboxylic acids is 1. The van der Waals surface area contributed by atoms with Crippen molar-refractivity contribution in [3.63, 3.8) is 0 Å². The molecule has 9 heteroatoms. The van der Waals surface area contributed by atoms with Crippen molar-refractivity contribution >= 4 is 17.5 Å². The van der Waals surface area contributed by atoms with E-state index in [0.29, 0.717) is 12.2 Å². The zero-order valence-corrected chi connectivity index (χ0v) is 13.2. The third-order valence-corrected chi connectivity index (χ3v) is 3.91. The monoisotopic (exact) mass is 334 g/mol. The van der Waals surface area contributed by atoms with Crippen LogP contribution in [0, 0.1) is 0 Å². The van der Waals surface area contributed by atoms with E-state index in [-0.39, 0.29) is 37.2 Å². The lowest BCUT2D eigenvalue weighted by Gasteiger charge is -2.35. The van der Waals surface area contributed by atoms with Gasteiger partial charge in [0.05, 0.1) is 19.2 Å². The van der Waals surface area contributed by atoms with Crippen LogP contribution in [0.5, 0.6) is 0 Å². The van der Waals surface area contributed by atoms with E-state index in [1.807, 2.05) is 0 Å². The number of morpholine rings is 1. The van der Waals surface area contributed by atoms with Crippen molar-refractivity contribution in [2.45, 2.75) is 32.1 Å². The summed E-state index contributed by atoms with van der Waals surface area (Å²) in [6.45, 7) is 2.21. The third-order valence-electron chi connectivity index (χ3n) is 3.91. The highest BCUT2D eigenvalue weighted by atomic mass is 16.5. The fourth-order valence-electron chi connectivity index (χ4n) is 2.76. The Morgan fingerprint density at radius 3 is 2.88 bits per heavy atom. The van der Waals surface area contributed by atoms with E-state index >= 15 is 0 Å². The maximum Gasteiger partial charge on any atom is 0.350 e. The Morgan fingerprint density at radius 1 is 1.38 bits per heavy atom.